The van der Waals surface area contributed by atoms with Crippen LogP contribution in [0.1, 0.15) is 12.8 Å². The quantitative estimate of drug-likeness (QED) is 0.915. The largest absolute Gasteiger partial charge is 0.496 e. The molecule has 1 aromatic heterocycles. The first-order valence-electron chi connectivity index (χ1n) is 8.10. The van der Waals surface area contributed by atoms with Crippen LogP contribution in [0.2, 0.25) is 0 Å². The Balaban J connectivity index is 1.50. The molecule has 2 N–H and O–H groups in total. The van der Waals surface area contributed by atoms with Gasteiger partial charge >= 0.3 is 6.03 Å². The van der Waals surface area contributed by atoms with E-state index in [1.54, 1.807) is 17.9 Å². The molecule has 2 fully saturated rings. The number of piperidine rings is 1. The van der Waals surface area contributed by atoms with Crippen molar-refractivity contribution in [3.8, 4) is 16.9 Å². The molecule has 3 atom stereocenters. The van der Waals surface area contributed by atoms with Gasteiger partial charge in [-0.05, 0) is 37.4 Å². The Morgan fingerprint density at radius 3 is 2.91 bits per heavy atom. The summed E-state index contributed by atoms with van der Waals surface area (Å²) in [5, 5.41) is 6.62. The lowest BCUT2D eigenvalue weighted by atomic mass is 10.1. The molecule has 1 aliphatic carbocycles. The number of carbonyl (C=O) groups is 1. The van der Waals surface area contributed by atoms with Gasteiger partial charge in [0.15, 0.2) is 0 Å². The zero-order chi connectivity index (χ0) is 15.8. The van der Waals surface area contributed by atoms with Gasteiger partial charge in [-0.15, -0.1) is 0 Å². The van der Waals surface area contributed by atoms with Crippen LogP contribution in [0.3, 0.4) is 0 Å². The van der Waals surface area contributed by atoms with Gasteiger partial charge in [0.05, 0.1) is 7.11 Å². The molecule has 5 heteroatoms. The number of rotatable bonds is 3. The van der Waals surface area contributed by atoms with Crippen LogP contribution >= 0.6 is 0 Å². The van der Waals surface area contributed by atoms with E-state index < -0.39 is 0 Å². The Kier molecular flexibility index (Phi) is 3.58. The minimum Gasteiger partial charge on any atom is -0.496 e. The van der Waals surface area contributed by atoms with Crippen molar-refractivity contribution in [1.29, 1.82) is 0 Å². The SMILES string of the molecule is COc1ccccc1-c1ccn(C(=O)NC2CC3CNC2C3)c1. The summed E-state index contributed by atoms with van der Waals surface area (Å²) in [5.74, 6) is 1.53. The van der Waals surface area contributed by atoms with Gasteiger partial charge in [0, 0.05) is 35.6 Å². The summed E-state index contributed by atoms with van der Waals surface area (Å²) in [4.78, 5) is 12.5. The molecule has 5 nitrogen and oxygen atoms in total. The molecule has 1 amide bonds. The lowest BCUT2D eigenvalue weighted by molar-refractivity contribution is 0.234. The van der Waals surface area contributed by atoms with Gasteiger partial charge in [-0.2, -0.15) is 0 Å². The molecule has 23 heavy (non-hydrogen) atoms. The molecule has 1 saturated heterocycles. The highest BCUT2D eigenvalue weighted by Gasteiger charge is 2.40. The van der Waals surface area contributed by atoms with Gasteiger partial charge < -0.3 is 15.4 Å². The predicted molar refractivity (Wildman–Crippen MR) is 88.7 cm³/mol. The Bertz CT molecular complexity index is 725. The number of ether oxygens (including phenoxy) is 1. The molecular formula is C18H21N3O2. The van der Waals surface area contributed by atoms with Crippen molar-refractivity contribution in [3.63, 3.8) is 0 Å². The number of fused-ring (bicyclic) bond motifs is 2. The lowest BCUT2D eigenvalue weighted by Crippen LogP contribution is -2.48. The van der Waals surface area contributed by atoms with E-state index in [0.717, 1.165) is 35.8 Å². The zero-order valence-corrected chi connectivity index (χ0v) is 13.2. The predicted octanol–water partition coefficient (Wildman–Crippen LogP) is 2.47. The minimum atomic E-state index is -0.0644. The number of amides is 1. The third kappa shape index (κ3) is 2.61. The zero-order valence-electron chi connectivity index (χ0n) is 13.2. The highest BCUT2D eigenvalue weighted by molar-refractivity contribution is 5.80. The summed E-state index contributed by atoms with van der Waals surface area (Å²) in [7, 11) is 1.66. The van der Waals surface area contributed by atoms with E-state index in [4.69, 9.17) is 4.74 Å². The summed E-state index contributed by atoms with van der Waals surface area (Å²) in [6.07, 6.45) is 5.93. The molecule has 4 rings (SSSR count). The van der Waals surface area contributed by atoms with E-state index >= 15 is 0 Å². The van der Waals surface area contributed by atoms with Crippen LogP contribution in [0.15, 0.2) is 42.7 Å². The summed E-state index contributed by atoms with van der Waals surface area (Å²) in [5.41, 5.74) is 1.96. The molecule has 2 heterocycles. The molecule has 1 aliphatic heterocycles. The van der Waals surface area contributed by atoms with Gasteiger partial charge in [0.2, 0.25) is 0 Å². The molecule has 0 spiro atoms. The van der Waals surface area contributed by atoms with Crippen LogP contribution in [0.25, 0.3) is 11.1 Å². The molecule has 0 radical (unpaired) electrons. The second-order valence-electron chi connectivity index (χ2n) is 6.42. The van der Waals surface area contributed by atoms with Crippen molar-refractivity contribution in [2.75, 3.05) is 13.7 Å². The number of hydrogen-bond acceptors (Lipinski definition) is 3. The molecule has 2 aliphatic rings. The van der Waals surface area contributed by atoms with E-state index in [0.29, 0.717) is 6.04 Å². The molecule has 2 bridgehead atoms. The second-order valence-corrected chi connectivity index (χ2v) is 6.42. The summed E-state index contributed by atoms with van der Waals surface area (Å²) in [6, 6.07) is 10.4. The van der Waals surface area contributed by atoms with E-state index in [1.807, 2.05) is 36.5 Å². The molecule has 2 aromatic rings. The topological polar surface area (TPSA) is 55.3 Å². The fourth-order valence-corrected chi connectivity index (χ4v) is 3.81. The number of benzene rings is 1. The van der Waals surface area contributed by atoms with E-state index in [2.05, 4.69) is 10.6 Å². The van der Waals surface area contributed by atoms with Gasteiger partial charge in [0.25, 0.3) is 0 Å². The number of methoxy groups -OCH3 is 1. The number of hydrogen-bond donors (Lipinski definition) is 2. The first kappa shape index (κ1) is 14.3. The summed E-state index contributed by atoms with van der Waals surface area (Å²) in [6.45, 7) is 1.10. The van der Waals surface area contributed by atoms with Gasteiger partial charge in [-0.1, -0.05) is 18.2 Å². The molecule has 1 aromatic carbocycles. The van der Waals surface area contributed by atoms with Crippen LogP contribution in [0.4, 0.5) is 4.79 Å². The Labute approximate surface area is 135 Å². The van der Waals surface area contributed by atoms with Crippen LogP contribution in [0, 0.1) is 5.92 Å². The fraction of sp³-hybridized carbons (Fsp3) is 0.389. The van der Waals surface area contributed by atoms with E-state index in [1.165, 1.54) is 6.42 Å². The highest BCUT2D eigenvalue weighted by Crippen LogP contribution is 2.32. The average Bonchev–Trinajstić information content (AvgIpc) is 3.31. The maximum Gasteiger partial charge on any atom is 0.325 e. The van der Waals surface area contributed by atoms with Crippen molar-refractivity contribution in [1.82, 2.24) is 15.2 Å². The standard InChI is InChI=1S/C18H21N3O2/c1-23-17-5-3-2-4-14(17)13-6-7-21(11-13)18(22)20-16-9-12-8-15(16)19-10-12/h2-7,11-12,15-16,19H,8-10H2,1H3,(H,20,22). The molecule has 3 unspecified atom stereocenters. The van der Waals surface area contributed by atoms with Crippen LogP contribution in [0.5, 0.6) is 5.75 Å². The Morgan fingerprint density at radius 2 is 2.17 bits per heavy atom. The summed E-state index contributed by atoms with van der Waals surface area (Å²) >= 11 is 0. The average molecular weight is 311 g/mol. The third-order valence-electron chi connectivity index (χ3n) is 4.98. The molecular weight excluding hydrogens is 290 g/mol. The van der Waals surface area contributed by atoms with Crippen LogP contribution < -0.4 is 15.4 Å². The van der Waals surface area contributed by atoms with Crippen LogP contribution in [-0.2, 0) is 0 Å². The van der Waals surface area contributed by atoms with Crippen molar-refractivity contribution in [2.45, 2.75) is 24.9 Å². The summed E-state index contributed by atoms with van der Waals surface area (Å²) < 4.78 is 7.01. The molecule has 120 valence electrons. The van der Waals surface area contributed by atoms with Gasteiger partial charge in [-0.3, -0.25) is 4.57 Å². The number of aromatic nitrogens is 1. The Hall–Kier alpha value is -2.27. The fourth-order valence-electron chi connectivity index (χ4n) is 3.81. The maximum absolute atomic E-state index is 12.5. The van der Waals surface area contributed by atoms with E-state index in [-0.39, 0.29) is 12.1 Å². The minimum absolute atomic E-state index is 0.0644. The second kappa shape index (κ2) is 5.74. The Morgan fingerprint density at radius 1 is 1.30 bits per heavy atom. The van der Waals surface area contributed by atoms with Gasteiger partial charge in [0.1, 0.15) is 5.75 Å². The number of nitrogens with zero attached hydrogens (tertiary/aromatic N) is 1. The first-order chi connectivity index (χ1) is 11.2. The van der Waals surface area contributed by atoms with Crippen molar-refractivity contribution >= 4 is 6.03 Å². The van der Waals surface area contributed by atoms with Crippen LogP contribution in [-0.4, -0.2) is 36.3 Å². The van der Waals surface area contributed by atoms with Crippen molar-refractivity contribution in [2.24, 2.45) is 5.92 Å². The first-order valence-corrected chi connectivity index (χ1v) is 8.10. The number of nitrogens with one attached hydrogen (secondary N) is 2. The molecule has 1 saturated carbocycles. The monoisotopic (exact) mass is 311 g/mol. The number of carbonyl (C=O) groups excluding carboxylic acids is 1. The smallest absolute Gasteiger partial charge is 0.325 e. The number of para-hydroxylation sites is 1. The third-order valence-corrected chi connectivity index (χ3v) is 4.98. The normalized spacial score (nSPS) is 25.5. The van der Waals surface area contributed by atoms with Crippen molar-refractivity contribution < 1.29 is 9.53 Å². The van der Waals surface area contributed by atoms with Gasteiger partial charge in [-0.25, -0.2) is 4.79 Å². The highest BCUT2D eigenvalue weighted by atomic mass is 16.5. The van der Waals surface area contributed by atoms with Crippen molar-refractivity contribution in [3.05, 3.63) is 42.7 Å². The van der Waals surface area contributed by atoms with E-state index in [9.17, 15) is 4.79 Å². The maximum atomic E-state index is 12.5. The lowest BCUT2D eigenvalue weighted by Gasteiger charge is -2.23.